The molecule has 13 heavy (non-hydrogen) atoms. The molecule has 0 saturated heterocycles. The van der Waals surface area contributed by atoms with E-state index in [1.807, 2.05) is 12.1 Å². The second-order valence-corrected chi connectivity index (χ2v) is 2.85. The summed E-state index contributed by atoms with van der Waals surface area (Å²) in [5.74, 6) is 0.556. The summed E-state index contributed by atoms with van der Waals surface area (Å²) in [5.41, 5.74) is 1.54. The summed E-state index contributed by atoms with van der Waals surface area (Å²) in [4.78, 5) is 10.3. The van der Waals surface area contributed by atoms with E-state index in [2.05, 4.69) is 12.1 Å². The van der Waals surface area contributed by atoms with Gasteiger partial charge in [-0.25, -0.2) is 0 Å². The zero-order chi connectivity index (χ0) is 9.68. The van der Waals surface area contributed by atoms with E-state index < -0.39 is 0 Å². The number of benzene rings is 1. The van der Waals surface area contributed by atoms with Crippen molar-refractivity contribution in [2.24, 2.45) is 5.18 Å². The summed E-state index contributed by atoms with van der Waals surface area (Å²) in [5, 5.41) is 2.87. The first-order chi connectivity index (χ1) is 6.31. The Morgan fingerprint density at radius 1 is 1.46 bits per heavy atom. The molecule has 0 aliphatic rings. The summed E-state index contributed by atoms with van der Waals surface area (Å²) >= 11 is 0. The predicted octanol–water partition coefficient (Wildman–Crippen LogP) is 3.05. The topological polar surface area (TPSA) is 38.7 Å². The van der Waals surface area contributed by atoms with Gasteiger partial charge in [-0.3, -0.25) is 0 Å². The highest BCUT2D eigenvalue weighted by atomic mass is 16.5. The van der Waals surface area contributed by atoms with Gasteiger partial charge in [-0.15, -0.1) is 4.91 Å². The molecule has 0 aromatic heterocycles. The first-order valence-electron chi connectivity index (χ1n) is 4.32. The molecule has 0 aliphatic carbocycles. The summed E-state index contributed by atoms with van der Waals surface area (Å²) < 4.78 is 5.03. The van der Waals surface area contributed by atoms with Gasteiger partial charge in [-0.1, -0.05) is 19.4 Å². The highest BCUT2D eigenvalue weighted by molar-refractivity contribution is 5.53. The number of rotatable bonds is 4. The minimum absolute atomic E-state index is 0.363. The molecule has 3 nitrogen and oxygen atoms in total. The fraction of sp³-hybridized carbons (Fsp3) is 0.400. The number of aryl methyl sites for hydroxylation is 1. The van der Waals surface area contributed by atoms with Gasteiger partial charge in [0.25, 0.3) is 0 Å². The first kappa shape index (κ1) is 9.71. The van der Waals surface area contributed by atoms with Crippen LogP contribution in [-0.4, -0.2) is 7.11 Å². The van der Waals surface area contributed by atoms with E-state index in [9.17, 15) is 4.91 Å². The largest absolute Gasteiger partial charge is 0.494 e. The van der Waals surface area contributed by atoms with Crippen molar-refractivity contribution < 1.29 is 4.74 Å². The molecular weight excluding hydrogens is 166 g/mol. The highest BCUT2D eigenvalue weighted by Crippen LogP contribution is 2.28. The van der Waals surface area contributed by atoms with Crippen LogP contribution in [0.4, 0.5) is 5.69 Å². The molecule has 0 N–H and O–H groups in total. The average molecular weight is 179 g/mol. The van der Waals surface area contributed by atoms with Crippen molar-refractivity contribution in [3.63, 3.8) is 0 Å². The van der Waals surface area contributed by atoms with Gasteiger partial charge in [0.1, 0.15) is 11.4 Å². The molecule has 0 aliphatic heterocycles. The summed E-state index contributed by atoms with van der Waals surface area (Å²) in [6, 6.07) is 5.46. The van der Waals surface area contributed by atoms with Crippen molar-refractivity contribution in [3.05, 3.63) is 28.7 Å². The molecule has 1 aromatic carbocycles. The number of ether oxygens (including phenoxy) is 1. The average Bonchev–Trinajstić information content (AvgIpc) is 2.18. The smallest absolute Gasteiger partial charge is 0.149 e. The molecule has 0 spiro atoms. The van der Waals surface area contributed by atoms with E-state index in [1.165, 1.54) is 5.56 Å². The van der Waals surface area contributed by atoms with Crippen LogP contribution in [-0.2, 0) is 6.42 Å². The van der Waals surface area contributed by atoms with Gasteiger partial charge < -0.3 is 4.74 Å². The van der Waals surface area contributed by atoms with Crippen LogP contribution in [0.5, 0.6) is 5.75 Å². The van der Waals surface area contributed by atoms with E-state index in [4.69, 9.17) is 4.74 Å². The van der Waals surface area contributed by atoms with Crippen molar-refractivity contribution in [1.29, 1.82) is 0 Å². The molecule has 3 heteroatoms. The van der Waals surface area contributed by atoms with Gasteiger partial charge >= 0.3 is 0 Å². The monoisotopic (exact) mass is 179 g/mol. The highest BCUT2D eigenvalue weighted by Gasteiger charge is 2.03. The molecule has 70 valence electrons. The Bertz CT molecular complexity index is 297. The quantitative estimate of drug-likeness (QED) is 0.666. The third kappa shape index (κ3) is 2.28. The number of nitroso groups, excluding NO2 is 1. The molecule has 0 atom stereocenters. The second kappa shape index (κ2) is 4.60. The zero-order valence-corrected chi connectivity index (χ0v) is 7.91. The van der Waals surface area contributed by atoms with Crippen LogP contribution in [0.3, 0.4) is 0 Å². The lowest BCUT2D eigenvalue weighted by Gasteiger charge is -2.04. The molecule has 0 saturated carbocycles. The fourth-order valence-corrected chi connectivity index (χ4v) is 1.24. The van der Waals surface area contributed by atoms with Crippen LogP contribution in [0, 0.1) is 4.91 Å². The Hall–Kier alpha value is -1.38. The van der Waals surface area contributed by atoms with Gasteiger partial charge in [0.15, 0.2) is 0 Å². The van der Waals surface area contributed by atoms with Crippen molar-refractivity contribution in [1.82, 2.24) is 0 Å². The Morgan fingerprint density at radius 3 is 2.77 bits per heavy atom. The third-order valence-corrected chi connectivity index (χ3v) is 1.88. The Labute approximate surface area is 77.7 Å². The number of methoxy groups -OCH3 is 1. The number of hydrogen-bond acceptors (Lipinski definition) is 3. The first-order valence-corrected chi connectivity index (χ1v) is 4.32. The Kier molecular flexibility index (Phi) is 3.43. The lowest BCUT2D eigenvalue weighted by molar-refractivity contribution is 0.415. The van der Waals surface area contributed by atoms with Crippen LogP contribution in [0.1, 0.15) is 18.9 Å². The van der Waals surface area contributed by atoms with E-state index in [0.29, 0.717) is 11.4 Å². The lowest BCUT2D eigenvalue weighted by atomic mass is 10.1. The van der Waals surface area contributed by atoms with Crippen LogP contribution in [0.15, 0.2) is 23.4 Å². The molecule has 0 amide bonds. The fourth-order valence-electron chi connectivity index (χ4n) is 1.24. The van der Waals surface area contributed by atoms with Gasteiger partial charge in [-0.05, 0) is 29.3 Å². The predicted molar refractivity (Wildman–Crippen MR) is 52.4 cm³/mol. The maximum atomic E-state index is 10.3. The van der Waals surface area contributed by atoms with Crippen LogP contribution >= 0.6 is 0 Å². The SMILES string of the molecule is CCCc1ccc(N=O)c(OC)c1. The van der Waals surface area contributed by atoms with Crippen molar-refractivity contribution in [3.8, 4) is 5.75 Å². The normalized spacial score (nSPS) is 9.69. The molecule has 0 radical (unpaired) electrons. The van der Waals surface area contributed by atoms with Crippen LogP contribution < -0.4 is 4.74 Å². The summed E-state index contributed by atoms with van der Waals surface area (Å²) in [6.07, 6.45) is 2.08. The van der Waals surface area contributed by atoms with Gasteiger partial charge in [0.2, 0.25) is 0 Å². The Morgan fingerprint density at radius 2 is 2.23 bits per heavy atom. The summed E-state index contributed by atoms with van der Waals surface area (Å²) in [7, 11) is 1.54. The number of hydrogen-bond donors (Lipinski definition) is 0. The van der Waals surface area contributed by atoms with Crippen molar-refractivity contribution in [2.75, 3.05) is 7.11 Å². The minimum Gasteiger partial charge on any atom is -0.494 e. The minimum atomic E-state index is 0.363. The molecule has 1 rings (SSSR count). The molecule has 0 fully saturated rings. The molecule has 0 heterocycles. The van der Waals surface area contributed by atoms with E-state index in [1.54, 1.807) is 13.2 Å². The third-order valence-electron chi connectivity index (χ3n) is 1.88. The second-order valence-electron chi connectivity index (χ2n) is 2.85. The van der Waals surface area contributed by atoms with Gasteiger partial charge in [0.05, 0.1) is 7.11 Å². The van der Waals surface area contributed by atoms with Gasteiger partial charge in [-0.2, -0.15) is 0 Å². The van der Waals surface area contributed by atoms with Crippen molar-refractivity contribution >= 4 is 5.69 Å². The summed E-state index contributed by atoms with van der Waals surface area (Å²) in [6.45, 7) is 2.11. The van der Waals surface area contributed by atoms with Crippen LogP contribution in [0.2, 0.25) is 0 Å². The van der Waals surface area contributed by atoms with E-state index in [0.717, 1.165) is 12.8 Å². The maximum absolute atomic E-state index is 10.3. The molecule has 0 bridgehead atoms. The molecule has 0 unspecified atom stereocenters. The molecule has 1 aromatic rings. The number of nitrogens with zero attached hydrogens (tertiary/aromatic N) is 1. The zero-order valence-electron chi connectivity index (χ0n) is 7.91. The van der Waals surface area contributed by atoms with Gasteiger partial charge in [0, 0.05) is 0 Å². The standard InChI is InChI=1S/C10H13NO2/c1-3-4-8-5-6-9(11-12)10(7-8)13-2/h5-7H,3-4H2,1-2H3. The lowest BCUT2D eigenvalue weighted by Crippen LogP contribution is -1.87. The van der Waals surface area contributed by atoms with Crippen molar-refractivity contribution in [2.45, 2.75) is 19.8 Å². The Balaban J connectivity index is 2.98. The maximum Gasteiger partial charge on any atom is 0.149 e. The van der Waals surface area contributed by atoms with Crippen LogP contribution in [0.25, 0.3) is 0 Å². The van der Waals surface area contributed by atoms with E-state index >= 15 is 0 Å². The molecular formula is C10H13NO2. The van der Waals surface area contributed by atoms with E-state index in [-0.39, 0.29) is 0 Å².